The maximum absolute atomic E-state index is 13.2. The standard InChI is InChI=1S/C18H18N4O3S/c1-8-5-4-6-11(7-8)16-21-17-12(9(2)13(26-17)15(20)24)18(25)22(16)10(3)14(19)23/h4-7,10H,1-3H3,(H2,19,23)(H2,20,24). The van der Waals surface area contributed by atoms with Gasteiger partial charge in [0.25, 0.3) is 11.5 Å². The highest BCUT2D eigenvalue weighted by molar-refractivity contribution is 7.20. The molecule has 0 saturated carbocycles. The lowest BCUT2D eigenvalue weighted by atomic mass is 10.1. The fourth-order valence-corrected chi connectivity index (χ4v) is 3.93. The van der Waals surface area contributed by atoms with E-state index in [-0.39, 0.29) is 10.3 Å². The topological polar surface area (TPSA) is 121 Å². The molecule has 134 valence electrons. The zero-order chi connectivity index (χ0) is 19.2. The van der Waals surface area contributed by atoms with E-state index in [0.29, 0.717) is 21.8 Å². The molecule has 8 heteroatoms. The van der Waals surface area contributed by atoms with Crippen LogP contribution in [0.3, 0.4) is 0 Å². The molecule has 0 aliphatic carbocycles. The highest BCUT2D eigenvalue weighted by Crippen LogP contribution is 2.30. The minimum absolute atomic E-state index is 0.282. The third-order valence-corrected chi connectivity index (χ3v) is 5.50. The number of aryl methyl sites for hydroxylation is 2. The summed E-state index contributed by atoms with van der Waals surface area (Å²) in [5.41, 5.74) is 12.6. The maximum Gasteiger partial charge on any atom is 0.263 e. The van der Waals surface area contributed by atoms with E-state index in [1.54, 1.807) is 19.9 Å². The van der Waals surface area contributed by atoms with E-state index < -0.39 is 23.4 Å². The molecular formula is C18H18N4O3S. The molecule has 0 bridgehead atoms. The molecule has 3 rings (SSSR count). The van der Waals surface area contributed by atoms with Crippen molar-refractivity contribution >= 4 is 33.4 Å². The number of carbonyl (C=O) groups excluding carboxylic acids is 2. The molecule has 0 aliphatic rings. The molecule has 1 atom stereocenters. The van der Waals surface area contributed by atoms with Crippen LogP contribution in [0.25, 0.3) is 21.6 Å². The average Bonchev–Trinajstić information content (AvgIpc) is 2.91. The summed E-state index contributed by atoms with van der Waals surface area (Å²) in [4.78, 5) is 41.9. The Bertz CT molecular complexity index is 1110. The van der Waals surface area contributed by atoms with Crippen molar-refractivity contribution < 1.29 is 9.59 Å². The van der Waals surface area contributed by atoms with Gasteiger partial charge in [-0.15, -0.1) is 11.3 Å². The van der Waals surface area contributed by atoms with Crippen molar-refractivity contribution in [2.75, 3.05) is 0 Å². The number of fused-ring (bicyclic) bond motifs is 1. The number of primary amides is 2. The van der Waals surface area contributed by atoms with E-state index in [4.69, 9.17) is 11.5 Å². The molecule has 0 aliphatic heterocycles. The van der Waals surface area contributed by atoms with E-state index in [0.717, 1.165) is 16.9 Å². The summed E-state index contributed by atoms with van der Waals surface area (Å²) in [6.07, 6.45) is 0. The maximum atomic E-state index is 13.2. The molecule has 2 aromatic heterocycles. The van der Waals surface area contributed by atoms with Crippen LogP contribution in [0, 0.1) is 13.8 Å². The Balaban J connectivity index is 2.46. The zero-order valence-electron chi connectivity index (χ0n) is 14.6. The van der Waals surface area contributed by atoms with Crippen LogP contribution in [-0.2, 0) is 4.79 Å². The Hall–Kier alpha value is -3.00. The first kappa shape index (κ1) is 17.8. The molecule has 7 nitrogen and oxygen atoms in total. The second kappa shape index (κ2) is 6.38. The molecule has 0 fully saturated rings. The summed E-state index contributed by atoms with van der Waals surface area (Å²) < 4.78 is 1.28. The van der Waals surface area contributed by atoms with E-state index in [2.05, 4.69) is 4.98 Å². The molecule has 4 N–H and O–H groups in total. The van der Waals surface area contributed by atoms with Gasteiger partial charge in [-0.2, -0.15) is 0 Å². The fourth-order valence-electron chi connectivity index (χ4n) is 2.90. The summed E-state index contributed by atoms with van der Waals surface area (Å²) in [7, 11) is 0. The Labute approximate surface area is 153 Å². The molecule has 0 saturated heterocycles. The molecule has 2 heterocycles. The number of amides is 2. The fraction of sp³-hybridized carbons (Fsp3) is 0.222. The monoisotopic (exact) mass is 370 g/mol. The summed E-state index contributed by atoms with van der Waals surface area (Å²) in [6.45, 7) is 5.11. The van der Waals surface area contributed by atoms with Crippen LogP contribution < -0.4 is 17.0 Å². The normalized spacial score (nSPS) is 12.3. The van der Waals surface area contributed by atoms with Crippen LogP contribution in [0.4, 0.5) is 0 Å². The van der Waals surface area contributed by atoms with E-state index >= 15 is 0 Å². The van der Waals surface area contributed by atoms with Crippen LogP contribution in [0.5, 0.6) is 0 Å². The Morgan fingerprint density at radius 2 is 1.92 bits per heavy atom. The van der Waals surface area contributed by atoms with Crippen molar-refractivity contribution in [1.29, 1.82) is 0 Å². The van der Waals surface area contributed by atoms with Crippen molar-refractivity contribution in [3.05, 3.63) is 50.6 Å². The van der Waals surface area contributed by atoms with Crippen LogP contribution in [0.2, 0.25) is 0 Å². The largest absolute Gasteiger partial charge is 0.368 e. The second-order valence-electron chi connectivity index (χ2n) is 6.16. The number of rotatable bonds is 4. The SMILES string of the molecule is Cc1cccc(-c2nc3sc(C(N)=O)c(C)c3c(=O)n2C(C)C(N)=O)c1. The van der Waals surface area contributed by atoms with Gasteiger partial charge in [0.15, 0.2) is 0 Å². The highest BCUT2D eigenvalue weighted by atomic mass is 32.1. The average molecular weight is 370 g/mol. The summed E-state index contributed by atoms with van der Waals surface area (Å²) >= 11 is 1.07. The number of aromatic nitrogens is 2. The Kier molecular flexibility index (Phi) is 4.37. The number of thiophene rings is 1. The van der Waals surface area contributed by atoms with Gasteiger partial charge in [-0.25, -0.2) is 4.98 Å². The number of hydrogen-bond acceptors (Lipinski definition) is 5. The predicted molar refractivity (Wildman–Crippen MR) is 101 cm³/mol. The van der Waals surface area contributed by atoms with Gasteiger partial charge < -0.3 is 11.5 Å². The van der Waals surface area contributed by atoms with Crippen molar-refractivity contribution in [3.63, 3.8) is 0 Å². The van der Waals surface area contributed by atoms with E-state index in [1.807, 2.05) is 25.1 Å². The second-order valence-corrected chi connectivity index (χ2v) is 7.16. The molecule has 3 aromatic rings. The van der Waals surface area contributed by atoms with Crippen LogP contribution in [-0.4, -0.2) is 21.4 Å². The van der Waals surface area contributed by atoms with Gasteiger partial charge in [0.1, 0.15) is 16.7 Å². The smallest absolute Gasteiger partial charge is 0.263 e. The molecule has 2 amide bonds. The number of benzene rings is 1. The molecule has 0 radical (unpaired) electrons. The summed E-state index contributed by atoms with van der Waals surface area (Å²) in [5.74, 6) is -0.934. The zero-order valence-corrected chi connectivity index (χ0v) is 15.4. The first-order valence-corrected chi connectivity index (χ1v) is 8.75. The van der Waals surface area contributed by atoms with Gasteiger partial charge in [0.2, 0.25) is 5.91 Å². The Morgan fingerprint density at radius 1 is 1.23 bits per heavy atom. The van der Waals surface area contributed by atoms with Crippen LogP contribution >= 0.6 is 11.3 Å². The lowest BCUT2D eigenvalue weighted by Crippen LogP contribution is -2.34. The van der Waals surface area contributed by atoms with Gasteiger partial charge in [-0.3, -0.25) is 19.0 Å². The number of hydrogen-bond donors (Lipinski definition) is 2. The molecule has 0 spiro atoms. The quantitative estimate of drug-likeness (QED) is 0.728. The van der Waals surface area contributed by atoms with Crippen molar-refractivity contribution in [1.82, 2.24) is 9.55 Å². The van der Waals surface area contributed by atoms with Gasteiger partial charge >= 0.3 is 0 Å². The third kappa shape index (κ3) is 2.78. The molecule has 26 heavy (non-hydrogen) atoms. The lowest BCUT2D eigenvalue weighted by Gasteiger charge is -2.17. The summed E-state index contributed by atoms with van der Waals surface area (Å²) in [5, 5.41) is 0.285. The lowest BCUT2D eigenvalue weighted by molar-refractivity contribution is -0.120. The first-order chi connectivity index (χ1) is 12.2. The number of nitrogens with two attached hydrogens (primary N) is 2. The van der Waals surface area contributed by atoms with Gasteiger partial charge in [-0.05, 0) is 32.4 Å². The number of nitrogens with zero attached hydrogens (tertiary/aromatic N) is 2. The van der Waals surface area contributed by atoms with Gasteiger partial charge in [-0.1, -0.05) is 23.8 Å². The van der Waals surface area contributed by atoms with E-state index in [1.165, 1.54) is 4.57 Å². The first-order valence-electron chi connectivity index (χ1n) is 7.94. The predicted octanol–water partition coefficient (Wildman–Crippen LogP) is 1.89. The van der Waals surface area contributed by atoms with Crippen molar-refractivity contribution in [2.45, 2.75) is 26.8 Å². The number of carbonyl (C=O) groups is 2. The minimum Gasteiger partial charge on any atom is -0.368 e. The van der Waals surface area contributed by atoms with Crippen molar-refractivity contribution in [2.24, 2.45) is 11.5 Å². The van der Waals surface area contributed by atoms with E-state index in [9.17, 15) is 14.4 Å². The van der Waals surface area contributed by atoms with Gasteiger partial charge in [0, 0.05) is 5.56 Å². The molecule has 1 unspecified atom stereocenters. The molecular weight excluding hydrogens is 352 g/mol. The minimum atomic E-state index is -0.897. The highest BCUT2D eigenvalue weighted by Gasteiger charge is 2.25. The Morgan fingerprint density at radius 3 is 2.50 bits per heavy atom. The van der Waals surface area contributed by atoms with Crippen molar-refractivity contribution in [3.8, 4) is 11.4 Å². The van der Waals surface area contributed by atoms with Gasteiger partial charge in [0.05, 0.1) is 10.3 Å². The van der Waals surface area contributed by atoms with Crippen LogP contribution in [0.1, 0.15) is 33.8 Å². The summed E-state index contributed by atoms with van der Waals surface area (Å²) in [6, 6.07) is 6.54. The third-order valence-electron chi connectivity index (χ3n) is 4.30. The molecule has 1 aromatic carbocycles. The van der Waals surface area contributed by atoms with Crippen LogP contribution in [0.15, 0.2) is 29.1 Å².